The Morgan fingerprint density at radius 1 is 0.571 bits per heavy atom. The van der Waals surface area contributed by atoms with Gasteiger partial charge in [-0.3, -0.25) is 28.2 Å². The lowest BCUT2D eigenvalue weighted by Crippen LogP contribution is -2.41. The van der Waals surface area contributed by atoms with E-state index in [-0.39, 0.29) is 103 Å². The molecule has 0 aliphatic carbocycles. The molecule has 24 nitrogen and oxygen atoms in total. The Morgan fingerprint density at radius 2 is 0.988 bits per heavy atom. The molecule has 2 unspecified atom stereocenters. The van der Waals surface area contributed by atoms with Gasteiger partial charge in [-0.1, -0.05) is 22.4 Å². The molecule has 1 radical (unpaired) electrons. The second kappa shape index (κ2) is 28.8. The first kappa shape index (κ1) is 65.6. The van der Waals surface area contributed by atoms with Gasteiger partial charge in [0.1, 0.15) is 64.4 Å². The summed E-state index contributed by atoms with van der Waals surface area (Å²) in [6, 6.07) is 23.9. The molecule has 10 rings (SSSR count). The number of methoxy groups -OCH3 is 6. The fourth-order valence-electron chi connectivity index (χ4n) is 8.76. The Morgan fingerprint density at radius 3 is 1.39 bits per heavy atom. The van der Waals surface area contributed by atoms with Crippen molar-refractivity contribution in [3.05, 3.63) is 169 Å². The van der Waals surface area contributed by atoms with Crippen molar-refractivity contribution in [2.45, 2.75) is 25.9 Å². The highest BCUT2D eigenvalue weighted by Gasteiger charge is 2.32. The van der Waals surface area contributed by atoms with E-state index >= 15 is 4.39 Å². The molecule has 84 heavy (non-hydrogen) atoms. The molecular weight excluding hydrogens is 1250 g/mol. The molecule has 4 aromatic carbocycles. The number of halogens is 3. The SMILES string of the molecule is COc1cc(Br)c(F)cc1-n1c2c(ccc1=O)CN(S(=O)(=O)Nc1ccon1)CC2.COc1cc(OC)cc(-c2cc(OC)c(-n3c4c(ccc3=O)CN(S(=O)(=O)Nc3ccon3)CC4)cc2F)c1.COc1cc(OC)cc(O[B]O)c1.P.P. The molecule has 32 heteroatoms. The van der Waals surface area contributed by atoms with Crippen molar-refractivity contribution in [1.82, 2.24) is 28.1 Å². The van der Waals surface area contributed by atoms with E-state index in [0.29, 0.717) is 70.3 Å². The normalized spacial score (nSPS) is 12.8. The van der Waals surface area contributed by atoms with Gasteiger partial charge in [-0.25, -0.2) is 8.78 Å². The van der Waals surface area contributed by atoms with Crippen molar-refractivity contribution in [3.63, 3.8) is 0 Å². The van der Waals surface area contributed by atoms with Crippen LogP contribution in [0.15, 0.2) is 133 Å². The summed E-state index contributed by atoms with van der Waals surface area (Å²) in [6.45, 7) is 0.223. The monoisotopic (exact) mass is 1300 g/mol. The van der Waals surface area contributed by atoms with E-state index < -0.39 is 37.6 Å². The van der Waals surface area contributed by atoms with Crippen molar-refractivity contribution in [1.29, 1.82) is 0 Å². The maximum Gasteiger partial charge on any atom is 0.569 e. The molecule has 447 valence electrons. The number of fused-ring (bicyclic) bond motifs is 2. The number of ether oxygens (including phenoxy) is 6. The number of nitrogens with zero attached hydrogens (tertiary/aromatic N) is 6. The predicted octanol–water partition coefficient (Wildman–Crippen LogP) is 6.55. The first-order valence-electron chi connectivity index (χ1n) is 24.2. The minimum Gasteiger partial charge on any atom is -0.537 e. The Hall–Kier alpha value is -7.56. The third-order valence-electron chi connectivity index (χ3n) is 12.6. The summed E-state index contributed by atoms with van der Waals surface area (Å²) < 4.78 is 137. The van der Waals surface area contributed by atoms with Gasteiger partial charge in [-0.15, -0.1) is 0 Å². The topological polar surface area (TPSA) is 280 Å². The maximum atomic E-state index is 15.6. The molecule has 0 saturated carbocycles. The molecule has 0 fully saturated rings. The van der Waals surface area contributed by atoms with Gasteiger partial charge in [0.15, 0.2) is 11.6 Å². The Balaban J connectivity index is 0.000000222. The molecular formula is C52H57BBrF2N8O16P2S2. The van der Waals surface area contributed by atoms with Crippen molar-refractivity contribution in [2.75, 3.05) is 65.2 Å². The van der Waals surface area contributed by atoms with Gasteiger partial charge >= 0.3 is 28.1 Å². The first-order valence-corrected chi connectivity index (χ1v) is 27.9. The number of rotatable bonds is 17. The van der Waals surface area contributed by atoms with Crippen LogP contribution < -0.4 is 53.6 Å². The molecule has 2 atom stereocenters. The third kappa shape index (κ3) is 15.0. The van der Waals surface area contributed by atoms with Crippen LogP contribution in [0.2, 0.25) is 0 Å². The second-order valence-electron chi connectivity index (χ2n) is 17.4. The summed E-state index contributed by atoms with van der Waals surface area (Å²) in [6.07, 6.45) is 2.95. The van der Waals surface area contributed by atoms with Crippen molar-refractivity contribution >= 4 is 75.5 Å². The molecule has 8 aromatic rings. The van der Waals surface area contributed by atoms with Crippen molar-refractivity contribution in [3.8, 4) is 62.7 Å². The number of hydrogen-bond donors (Lipinski definition) is 3. The van der Waals surface area contributed by atoms with Crippen molar-refractivity contribution in [2.24, 2.45) is 0 Å². The van der Waals surface area contributed by atoms with Crippen LogP contribution in [0, 0.1) is 11.6 Å². The predicted molar refractivity (Wildman–Crippen MR) is 320 cm³/mol. The van der Waals surface area contributed by atoms with Gasteiger partial charge < -0.3 is 47.1 Å². The van der Waals surface area contributed by atoms with Crippen LogP contribution in [0.5, 0.6) is 40.2 Å². The van der Waals surface area contributed by atoms with Crippen LogP contribution in [-0.4, -0.2) is 113 Å². The lowest BCUT2D eigenvalue weighted by atomic mass is 10.0. The van der Waals surface area contributed by atoms with Crippen LogP contribution in [0.25, 0.3) is 22.5 Å². The summed E-state index contributed by atoms with van der Waals surface area (Å²) in [7, 11) is 1.73. The largest absolute Gasteiger partial charge is 0.569 e. The van der Waals surface area contributed by atoms with Crippen LogP contribution in [-0.2, 0) is 46.3 Å². The zero-order valence-electron chi connectivity index (χ0n) is 45.8. The number of nitrogens with one attached hydrogen (secondary N) is 2. The van der Waals surface area contributed by atoms with E-state index in [1.807, 2.05) is 0 Å². The minimum atomic E-state index is -3.94. The summed E-state index contributed by atoms with van der Waals surface area (Å²) in [5, 5.41) is 15.5. The van der Waals surface area contributed by atoms with E-state index in [2.05, 4.69) is 44.7 Å². The van der Waals surface area contributed by atoms with E-state index in [1.54, 1.807) is 62.8 Å². The lowest BCUT2D eigenvalue weighted by molar-refractivity contribution is 0.384. The molecule has 0 spiro atoms. The van der Waals surface area contributed by atoms with Crippen LogP contribution in [0.3, 0.4) is 0 Å². The van der Waals surface area contributed by atoms with E-state index in [4.69, 9.17) is 38.1 Å². The number of benzene rings is 4. The number of hydrogen-bond acceptors (Lipinski definition) is 18. The highest BCUT2D eigenvalue weighted by molar-refractivity contribution is 9.10. The van der Waals surface area contributed by atoms with Crippen LogP contribution >= 0.6 is 35.7 Å². The smallest absolute Gasteiger partial charge is 0.537 e. The lowest BCUT2D eigenvalue weighted by Gasteiger charge is -2.30. The molecule has 0 saturated heterocycles. The second-order valence-corrected chi connectivity index (χ2v) is 21.6. The van der Waals surface area contributed by atoms with E-state index in [9.17, 15) is 30.8 Å². The van der Waals surface area contributed by atoms with Gasteiger partial charge in [0.2, 0.25) is 0 Å². The Labute approximate surface area is 496 Å². The number of pyridine rings is 2. The Kier molecular flexibility index (Phi) is 22.5. The number of aromatic nitrogens is 4. The average molecular weight is 1300 g/mol. The van der Waals surface area contributed by atoms with Gasteiger partial charge in [-0.2, -0.15) is 45.2 Å². The number of anilines is 2. The standard InChI is InChI=1S/C26H25FN4O7S.C18H16BrFN4O5S.C8H10BO4.2H3P/c1-35-18-10-17(11-19(12-18)36-2)20-13-24(37-3)23(14-21(20)27)31-22-6-8-30(15-16(22)4-5-26(31)32)39(33,34)29-25-7-9-38-28-25;1-28-16-8-12(19)13(20)9-15(16)24-14-4-6-23(10-11(14)2-3-18(24)25)30(26,27)22-17-5-7-29-21-17;1-11-6-3-7(12-2)5-8(4-6)13-9-10;;/h4-5,7,9-14H,6,8,15H2,1-3H3,(H,28,29);2-3,5,7-9H,4,6,10H2,1H3,(H,21,22);3-5,10H,1-2H3;2*1H3. The summed E-state index contributed by atoms with van der Waals surface area (Å²) >= 11 is 3.11. The van der Waals surface area contributed by atoms with Crippen LogP contribution in [0.4, 0.5) is 20.4 Å². The Bertz CT molecular complexity index is 3900. The highest BCUT2D eigenvalue weighted by Crippen LogP contribution is 2.38. The average Bonchev–Trinajstić information content (AvgIpc) is 3.68. The minimum absolute atomic E-state index is 0. The third-order valence-corrected chi connectivity index (χ3v) is 16.2. The molecule has 2 aliphatic rings. The summed E-state index contributed by atoms with van der Waals surface area (Å²) in [5.74, 6) is 2.18. The molecule has 2 aliphatic heterocycles. The van der Waals surface area contributed by atoms with Gasteiger partial charge in [-0.05, 0) is 56.9 Å². The van der Waals surface area contributed by atoms with Gasteiger partial charge in [0, 0.05) is 117 Å². The van der Waals surface area contributed by atoms with Gasteiger partial charge in [0.25, 0.3) is 11.1 Å². The first-order chi connectivity index (χ1) is 39.3. The van der Waals surface area contributed by atoms with E-state index in [1.165, 1.54) is 107 Å². The van der Waals surface area contributed by atoms with Crippen LogP contribution in [0.1, 0.15) is 22.5 Å². The molecule has 0 amide bonds. The zero-order valence-corrected chi connectivity index (χ0v) is 51.9. The molecule has 6 heterocycles. The summed E-state index contributed by atoms with van der Waals surface area (Å²) in [4.78, 5) is 25.7. The maximum absolute atomic E-state index is 15.6. The molecule has 0 bridgehead atoms. The molecule has 3 N–H and O–H groups in total. The van der Waals surface area contributed by atoms with Gasteiger partial charge in [0.05, 0.1) is 58.5 Å². The van der Waals surface area contributed by atoms with E-state index in [0.717, 1.165) is 0 Å². The zero-order chi connectivity index (χ0) is 58.9. The fourth-order valence-corrected chi connectivity index (χ4v) is 11.4. The van der Waals surface area contributed by atoms with Crippen molar-refractivity contribution < 1.29 is 72.8 Å². The fraction of sp³-hybridized carbons (Fsp3) is 0.231. The quantitative estimate of drug-likeness (QED) is 0.0644. The molecule has 4 aromatic heterocycles. The summed E-state index contributed by atoms with van der Waals surface area (Å²) in [5.41, 5.74) is 2.76. The highest BCUT2D eigenvalue weighted by atomic mass is 79.9.